The van der Waals surface area contributed by atoms with Crippen molar-refractivity contribution in [1.29, 1.82) is 0 Å². The van der Waals surface area contributed by atoms with E-state index < -0.39 is 0 Å². The van der Waals surface area contributed by atoms with Gasteiger partial charge in [0, 0.05) is 19.9 Å². The van der Waals surface area contributed by atoms with Crippen molar-refractivity contribution in [3.8, 4) is 6.01 Å². The molecule has 0 unspecified atom stereocenters. The lowest BCUT2D eigenvalue weighted by atomic mass is 10.4. The van der Waals surface area contributed by atoms with Crippen molar-refractivity contribution >= 4 is 11.9 Å². The Labute approximate surface area is 115 Å². The monoisotopic (exact) mass is 280 g/mol. The van der Waals surface area contributed by atoms with Gasteiger partial charge in [-0.05, 0) is 6.92 Å². The molecule has 0 aliphatic rings. The van der Waals surface area contributed by atoms with E-state index in [0.717, 1.165) is 0 Å². The van der Waals surface area contributed by atoms with Crippen LogP contribution in [0, 0.1) is 6.92 Å². The molecule has 0 aromatic carbocycles. The molecule has 4 N–H and O–H groups in total. The third-order valence-corrected chi connectivity index (χ3v) is 2.22. The Kier molecular flexibility index (Phi) is 4.60. The van der Waals surface area contributed by atoms with E-state index in [9.17, 15) is 0 Å². The minimum atomic E-state index is 0.202. The van der Waals surface area contributed by atoms with Crippen LogP contribution in [-0.2, 0) is 6.42 Å². The Morgan fingerprint density at radius 1 is 1.20 bits per heavy atom. The standard InChI is InChI=1S/C10H16N8O2/c1-3-19-10-15-8(14-9(16-10)17-11)12-5-4-7-13-6(2)20-18-7/h3-5,11H2,1-2H3,(H2,12,14,15,16,17). The van der Waals surface area contributed by atoms with Gasteiger partial charge >= 0.3 is 6.01 Å². The summed E-state index contributed by atoms with van der Waals surface area (Å²) in [6.07, 6.45) is 0.582. The minimum absolute atomic E-state index is 0.202. The summed E-state index contributed by atoms with van der Waals surface area (Å²) in [6.45, 7) is 4.57. The summed E-state index contributed by atoms with van der Waals surface area (Å²) in [5.41, 5.74) is 2.36. The average molecular weight is 280 g/mol. The molecule has 0 bridgehead atoms. The Bertz CT molecular complexity index is 558. The molecule has 0 atom stereocenters. The fourth-order valence-electron chi connectivity index (χ4n) is 1.42. The average Bonchev–Trinajstić information content (AvgIpc) is 2.84. The number of anilines is 2. The van der Waals surface area contributed by atoms with Gasteiger partial charge in [0.05, 0.1) is 6.61 Å². The summed E-state index contributed by atoms with van der Waals surface area (Å²) in [5, 5.41) is 6.81. The number of hydrazine groups is 1. The summed E-state index contributed by atoms with van der Waals surface area (Å²) in [4.78, 5) is 16.2. The molecule has 0 spiro atoms. The van der Waals surface area contributed by atoms with E-state index in [1.54, 1.807) is 6.92 Å². The maximum absolute atomic E-state index is 5.29. The van der Waals surface area contributed by atoms with Gasteiger partial charge in [0.1, 0.15) is 0 Å². The van der Waals surface area contributed by atoms with E-state index in [1.807, 2.05) is 6.92 Å². The lowest BCUT2D eigenvalue weighted by Gasteiger charge is -2.07. The van der Waals surface area contributed by atoms with Crippen molar-refractivity contribution in [2.75, 3.05) is 23.9 Å². The molecular weight excluding hydrogens is 264 g/mol. The second-order valence-corrected chi connectivity index (χ2v) is 3.75. The number of hydrogen-bond acceptors (Lipinski definition) is 10. The van der Waals surface area contributed by atoms with Gasteiger partial charge in [-0.2, -0.15) is 19.9 Å². The lowest BCUT2D eigenvalue weighted by Crippen LogP contribution is -2.15. The number of nitrogens with two attached hydrogens (primary N) is 1. The molecular formula is C10H16N8O2. The number of aromatic nitrogens is 5. The van der Waals surface area contributed by atoms with Gasteiger partial charge in [-0.3, -0.25) is 5.43 Å². The van der Waals surface area contributed by atoms with Gasteiger partial charge in [-0.1, -0.05) is 5.16 Å². The van der Waals surface area contributed by atoms with Crippen LogP contribution in [-0.4, -0.2) is 38.2 Å². The van der Waals surface area contributed by atoms with Gasteiger partial charge < -0.3 is 14.6 Å². The Balaban J connectivity index is 1.95. The highest BCUT2D eigenvalue weighted by Crippen LogP contribution is 2.10. The molecule has 108 valence electrons. The molecule has 0 radical (unpaired) electrons. The number of nitrogens with one attached hydrogen (secondary N) is 2. The van der Waals surface area contributed by atoms with Crippen LogP contribution >= 0.6 is 0 Å². The molecule has 0 aliphatic heterocycles. The van der Waals surface area contributed by atoms with Crippen LogP contribution in [0.15, 0.2) is 4.52 Å². The molecule has 10 nitrogen and oxygen atoms in total. The zero-order chi connectivity index (χ0) is 14.4. The summed E-state index contributed by atoms with van der Waals surface area (Å²) < 4.78 is 10.1. The highest BCUT2D eigenvalue weighted by atomic mass is 16.5. The third-order valence-electron chi connectivity index (χ3n) is 2.22. The van der Waals surface area contributed by atoms with Crippen molar-refractivity contribution < 1.29 is 9.26 Å². The first-order valence-electron chi connectivity index (χ1n) is 6.09. The first-order chi connectivity index (χ1) is 9.71. The smallest absolute Gasteiger partial charge is 0.323 e. The molecule has 2 aromatic rings. The number of ether oxygens (including phenoxy) is 1. The lowest BCUT2D eigenvalue weighted by molar-refractivity contribution is 0.312. The highest BCUT2D eigenvalue weighted by Gasteiger charge is 2.07. The van der Waals surface area contributed by atoms with E-state index >= 15 is 0 Å². The molecule has 20 heavy (non-hydrogen) atoms. The topological polar surface area (TPSA) is 137 Å². The summed E-state index contributed by atoms with van der Waals surface area (Å²) in [7, 11) is 0. The van der Waals surface area contributed by atoms with Crippen molar-refractivity contribution in [2.45, 2.75) is 20.3 Å². The Morgan fingerprint density at radius 2 is 2.00 bits per heavy atom. The summed E-state index contributed by atoms with van der Waals surface area (Å²) in [6, 6.07) is 0.202. The first-order valence-corrected chi connectivity index (χ1v) is 6.09. The zero-order valence-electron chi connectivity index (χ0n) is 11.3. The number of hydrogen-bond donors (Lipinski definition) is 3. The number of rotatable bonds is 7. The SMILES string of the molecule is CCOc1nc(NN)nc(NCCc2noc(C)n2)n1. The van der Waals surface area contributed by atoms with Crippen molar-refractivity contribution in [1.82, 2.24) is 25.1 Å². The first kappa shape index (κ1) is 13.9. The van der Waals surface area contributed by atoms with Crippen LogP contribution in [0.25, 0.3) is 0 Å². The normalized spacial score (nSPS) is 10.3. The van der Waals surface area contributed by atoms with Crippen molar-refractivity contribution in [2.24, 2.45) is 5.84 Å². The molecule has 0 saturated carbocycles. The summed E-state index contributed by atoms with van der Waals surface area (Å²) >= 11 is 0. The number of nitrogens with zero attached hydrogens (tertiary/aromatic N) is 5. The Morgan fingerprint density at radius 3 is 2.65 bits per heavy atom. The number of nitrogen functional groups attached to an aromatic ring is 1. The molecule has 0 aliphatic carbocycles. The maximum Gasteiger partial charge on any atom is 0.323 e. The van der Waals surface area contributed by atoms with Gasteiger partial charge in [0.15, 0.2) is 5.82 Å². The van der Waals surface area contributed by atoms with Crippen LogP contribution in [0.1, 0.15) is 18.6 Å². The third kappa shape index (κ3) is 3.75. The zero-order valence-corrected chi connectivity index (χ0v) is 11.3. The van der Waals surface area contributed by atoms with E-state index in [-0.39, 0.29) is 12.0 Å². The predicted molar refractivity (Wildman–Crippen MR) is 70.0 cm³/mol. The van der Waals surface area contributed by atoms with E-state index in [1.165, 1.54) is 0 Å². The fraction of sp³-hybridized carbons (Fsp3) is 0.500. The fourth-order valence-corrected chi connectivity index (χ4v) is 1.42. The van der Waals surface area contributed by atoms with Gasteiger partial charge in [-0.15, -0.1) is 0 Å². The van der Waals surface area contributed by atoms with Crippen molar-refractivity contribution in [3.63, 3.8) is 0 Å². The van der Waals surface area contributed by atoms with Crippen molar-refractivity contribution in [3.05, 3.63) is 11.7 Å². The predicted octanol–water partition coefficient (Wildman–Crippen LogP) is -0.0981. The molecule has 2 aromatic heterocycles. The largest absolute Gasteiger partial charge is 0.464 e. The maximum atomic E-state index is 5.29. The Hall–Kier alpha value is -2.49. The van der Waals surface area contributed by atoms with Gasteiger partial charge in [-0.25, -0.2) is 5.84 Å². The molecule has 0 saturated heterocycles. The molecule has 0 amide bonds. The van der Waals surface area contributed by atoms with Crippen LogP contribution in [0.5, 0.6) is 6.01 Å². The van der Waals surface area contributed by atoms with Crippen LogP contribution < -0.4 is 21.3 Å². The summed E-state index contributed by atoms with van der Waals surface area (Å²) in [5.74, 6) is 7.02. The quantitative estimate of drug-likeness (QED) is 0.465. The van der Waals surface area contributed by atoms with Crippen LogP contribution in [0.3, 0.4) is 0 Å². The van der Waals surface area contributed by atoms with E-state index in [2.05, 4.69) is 35.8 Å². The van der Waals surface area contributed by atoms with Gasteiger partial charge in [0.2, 0.25) is 17.8 Å². The minimum Gasteiger partial charge on any atom is -0.464 e. The second-order valence-electron chi connectivity index (χ2n) is 3.75. The molecule has 10 heteroatoms. The van der Waals surface area contributed by atoms with Gasteiger partial charge in [0.25, 0.3) is 0 Å². The molecule has 0 fully saturated rings. The number of aryl methyl sites for hydroxylation is 1. The van der Waals surface area contributed by atoms with E-state index in [4.69, 9.17) is 15.1 Å². The molecule has 2 rings (SSSR count). The van der Waals surface area contributed by atoms with Crippen LogP contribution in [0.4, 0.5) is 11.9 Å². The second kappa shape index (κ2) is 6.61. The highest BCUT2D eigenvalue weighted by molar-refractivity contribution is 5.34. The molecule has 2 heterocycles. The van der Waals surface area contributed by atoms with E-state index in [0.29, 0.717) is 37.2 Å². The van der Waals surface area contributed by atoms with Crippen LogP contribution in [0.2, 0.25) is 0 Å².